The van der Waals surface area contributed by atoms with Crippen LogP contribution in [0.15, 0.2) is 114 Å². The summed E-state index contributed by atoms with van der Waals surface area (Å²) in [5.74, 6) is -0.0850. The summed E-state index contributed by atoms with van der Waals surface area (Å²) in [5, 5.41) is 6.50. The monoisotopic (exact) mass is 445 g/mol. The smallest absolute Gasteiger partial charge is 0.274 e. The molecule has 1 atom stereocenters. The zero-order valence-electron chi connectivity index (χ0n) is 19.4. The fourth-order valence-corrected chi connectivity index (χ4v) is 4.33. The topological polar surface area (TPSA) is 35.9 Å². The Hall–Kier alpha value is -4.18. The van der Waals surface area contributed by atoms with Crippen molar-refractivity contribution in [2.75, 3.05) is 19.0 Å². The van der Waals surface area contributed by atoms with Crippen molar-refractivity contribution in [1.29, 1.82) is 0 Å². The Morgan fingerprint density at radius 3 is 1.91 bits per heavy atom. The average Bonchev–Trinajstić information content (AvgIpc) is 3.35. The molecule has 0 radical (unpaired) electrons. The van der Waals surface area contributed by atoms with Crippen LogP contribution in [0.4, 0.5) is 5.69 Å². The quantitative estimate of drug-likeness (QED) is 0.356. The third kappa shape index (κ3) is 4.35. The highest BCUT2D eigenvalue weighted by Crippen LogP contribution is 2.35. The number of carbonyl (C=O) groups excluding carboxylic acids is 1. The van der Waals surface area contributed by atoms with Crippen LogP contribution >= 0.6 is 0 Å². The Kier molecular flexibility index (Phi) is 5.96. The summed E-state index contributed by atoms with van der Waals surface area (Å²) in [6.07, 6.45) is 0.671. The van der Waals surface area contributed by atoms with E-state index in [0.29, 0.717) is 12.0 Å². The first-order valence-corrected chi connectivity index (χ1v) is 11.5. The van der Waals surface area contributed by atoms with E-state index < -0.39 is 0 Å². The third-order valence-electron chi connectivity index (χ3n) is 6.26. The Bertz CT molecular complexity index is 1300. The van der Waals surface area contributed by atoms with E-state index in [4.69, 9.17) is 5.10 Å². The van der Waals surface area contributed by atoms with Crippen molar-refractivity contribution in [2.45, 2.75) is 12.5 Å². The molecule has 4 aromatic carbocycles. The maximum Gasteiger partial charge on any atom is 0.274 e. The molecule has 1 aliphatic heterocycles. The average molecular weight is 446 g/mol. The van der Waals surface area contributed by atoms with E-state index in [1.807, 2.05) is 62.6 Å². The molecule has 0 spiro atoms. The molecule has 4 heteroatoms. The van der Waals surface area contributed by atoms with Crippen LogP contribution in [0.25, 0.3) is 11.1 Å². The Morgan fingerprint density at radius 2 is 1.29 bits per heavy atom. The molecular formula is C30H27N3O. The van der Waals surface area contributed by atoms with Crippen molar-refractivity contribution >= 4 is 17.3 Å². The SMILES string of the molecule is CN(C)c1ccc(C2CC(c3ccc(-c4ccccc4)cc3)=NN2C(=O)c2ccccc2)cc1. The van der Waals surface area contributed by atoms with E-state index in [-0.39, 0.29) is 11.9 Å². The zero-order valence-corrected chi connectivity index (χ0v) is 19.4. The lowest BCUT2D eigenvalue weighted by Crippen LogP contribution is -2.27. The molecule has 1 heterocycles. The highest BCUT2D eigenvalue weighted by Gasteiger charge is 2.33. The van der Waals surface area contributed by atoms with Gasteiger partial charge in [-0.05, 0) is 46.5 Å². The minimum atomic E-state index is -0.146. The lowest BCUT2D eigenvalue weighted by Gasteiger charge is -2.23. The largest absolute Gasteiger partial charge is 0.378 e. The number of nitrogens with zero attached hydrogens (tertiary/aromatic N) is 3. The van der Waals surface area contributed by atoms with Gasteiger partial charge in [-0.25, -0.2) is 5.01 Å². The van der Waals surface area contributed by atoms with E-state index in [1.165, 1.54) is 5.56 Å². The number of carbonyl (C=O) groups is 1. The van der Waals surface area contributed by atoms with Gasteiger partial charge in [-0.1, -0.05) is 84.9 Å². The van der Waals surface area contributed by atoms with Crippen LogP contribution in [0.2, 0.25) is 0 Å². The van der Waals surface area contributed by atoms with Crippen molar-refractivity contribution < 1.29 is 4.79 Å². The standard InChI is InChI=1S/C30H27N3O/c1-32(2)27-19-17-25(18-20-27)29-21-28(31-33(29)30(34)26-11-7-4-8-12-26)24-15-13-23(14-16-24)22-9-5-3-6-10-22/h3-20,29H,21H2,1-2H3. The number of rotatable bonds is 5. The van der Waals surface area contributed by atoms with E-state index in [1.54, 1.807) is 5.01 Å². The summed E-state index contributed by atoms with van der Waals surface area (Å²) in [6, 6.07) is 36.4. The van der Waals surface area contributed by atoms with Gasteiger partial charge in [0.25, 0.3) is 5.91 Å². The number of amides is 1. The second kappa shape index (κ2) is 9.36. The van der Waals surface area contributed by atoms with Crippen molar-refractivity contribution in [3.05, 3.63) is 126 Å². The Morgan fingerprint density at radius 1 is 0.735 bits per heavy atom. The van der Waals surface area contributed by atoms with Crippen molar-refractivity contribution in [3.8, 4) is 11.1 Å². The summed E-state index contributed by atoms with van der Waals surface area (Å²) in [4.78, 5) is 15.5. The molecule has 5 rings (SSSR count). The fraction of sp³-hybridized carbons (Fsp3) is 0.133. The molecule has 34 heavy (non-hydrogen) atoms. The number of anilines is 1. The molecule has 0 saturated heterocycles. The number of benzene rings is 4. The van der Waals surface area contributed by atoms with Crippen LogP contribution in [-0.4, -0.2) is 30.7 Å². The van der Waals surface area contributed by atoms with Gasteiger partial charge in [0.1, 0.15) is 0 Å². The molecule has 0 N–H and O–H groups in total. The predicted octanol–water partition coefficient (Wildman–Crippen LogP) is 6.41. The highest BCUT2D eigenvalue weighted by molar-refractivity contribution is 6.05. The molecule has 1 unspecified atom stereocenters. The van der Waals surface area contributed by atoms with Crippen LogP contribution in [0, 0.1) is 0 Å². The van der Waals surface area contributed by atoms with Crippen molar-refractivity contribution in [3.63, 3.8) is 0 Å². The molecule has 1 aliphatic rings. The van der Waals surface area contributed by atoms with Gasteiger partial charge in [0.05, 0.1) is 11.8 Å². The number of hydrogen-bond acceptors (Lipinski definition) is 3. The van der Waals surface area contributed by atoms with Gasteiger partial charge in [0.15, 0.2) is 0 Å². The lowest BCUT2D eigenvalue weighted by molar-refractivity contribution is 0.0711. The Balaban J connectivity index is 1.47. The normalized spacial score (nSPS) is 15.2. The molecule has 4 aromatic rings. The van der Waals surface area contributed by atoms with Crippen LogP contribution in [0.5, 0.6) is 0 Å². The second-order valence-corrected chi connectivity index (χ2v) is 8.71. The van der Waals surface area contributed by atoms with Crippen LogP contribution in [0.3, 0.4) is 0 Å². The van der Waals surface area contributed by atoms with Crippen LogP contribution < -0.4 is 4.90 Å². The van der Waals surface area contributed by atoms with Gasteiger partial charge in [-0.3, -0.25) is 4.79 Å². The predicted molar refractivity (Wildman–Crippen MR) is 139 cm³/mol. The maximum absolute atomic E-state index is 13.4. The maximum atomic E-state index is 13.4. The summed E-state index contributed by atoms with van der Waals surface area (Å²) < 4.78 is 0. The molecule has 0 saturated carbocycles. The minimum absolute atomic E-state index is 0.0850. The highest BCUT2D eigenvalue weighted by atomic mass is 16.2. The molecule has 0 aliphatic carbocycles. The second-order valence-electron chi connectivity index (χ2n) is 8.71. The summed E-state index contributed by atoms with van der Waals surface area (Å²) >= 11 is 0. The van der Waals surface area contributed by atoms with Crippen LogP contribution in [-0.2, 0) is 0 Å². The number of hydrazone groups is 1. The molecular weight excluding hydrogens is 418 g/mol. The van der Waals surface area contributed by atoms with E-state index in [9.17, 15) is 4.79 Å². The van der Waals surface area contributed by atoms with Gasteiger partial charge in [0.2, 0.25) is 0 Å². The minimum Gasteiger partial charge on any atom is -0.378 e. The molecule has 0 bridgehead atoms. The van der Waals surface area contributed by atoms with Gasteiger partial charge in [0, 0.05) is 31.8 Å². The summed E-state index contributed by atoms with van der Waals surface area (Å²) in [5.41, 5.74) is 7.15. The first kappa shape index (κ1) is 21.7. The van der Waals surface area contributed by atoms with E-state index in [2.05, 4.69) is 65.6 Å². The first-order valence-electron chi connectivity index (χ1n) is 11.5. The first-order chi connectivity index (χ1) is 16.6. The molecule has 4 nitrogen and oxygen atoms in total. The molecule has 0 aromatic heterocycles. The van der Waals surface area contributed by atoms with Crippen LogP contribution in [0.1, 0.15) is 33.9 Å². The zero-order chi connectivity index (χ0) is 23.5. The van der Waals surface area contributed by atoms with Gasteiger partial charge in [-0.15, -0.1) is 0 Å². The molecule has 168 valence electrons. The fourth-order valence-electron chi connectivity index (χ4n) is 4.33. The van der Waals surface area contributed by atoms with E-state index in [0.717, 1.165) is 28.1 Å². The van der Waals surface area contributed by atoms with Gasteiger partial charge in [-0.2, -0.15) is 5.10 Å². The molecule has 1 amide bonds. The Labute approximate surface area is 200 Å². The van der Waals surface area contributed by atoms with Crippen molar-refractivity contribution in [2.24, 2.45) is 5.10 Å². The van der Waals surface area contributed by atoms with Gasteiger partial charge < -0.3 is 4.90 Å². The van der Waals surface area contributed by atoms with Gasteiger partial charge >= 0.3 is 0 Å². The molecule has 0 fully saturated rings. The summed E-state index contributed by atoms with van der Waals surface area (Å²) in [7, 11) is 4.05. The summed E-state index contributed by atoms with van der Waals surface area (Å²) in [6.45, 7) is 0. The van der Waals surface area contributed by atoms with E-state index >= 15 is 0 Å². The lowest BCUT2D eigenvalue weighted by atomic mass is 9.96. The third-order valence-corrected chi connectivity index (χ3v) is 6.26. The van der Waals surface area contributed by atoms with Crippen molar-refractivity contribution in [1.82, 2.24) is 5.01 Å². The number of hydrogen-bond donors (Lipinski definition) is 0.